The van der Waals surface area contributed by atoms with Crippen LogP contribution in [0.2, 0.25) is 0 Å². The normalized spacial score (nSPS) is 27.9. The summed E-state index contributed by atoms with van der Waals surface area (Å²) in [6.07, 6.45) is 2.87. The van der Waals surface area contributed by atoms with Crippen molar-refractivity contribution in [2.75, 3.05) is 6.26 Å². The highest BCUT2D eigenvalue weighted by Crippen LogP contribution is 2.11. The molecule has 0 saturated heterocycles. The SMILES string of the molecule is CS1(=O)=NC(=O)n2nncc2C1. The van der Waals surface area contributed by atoms with Crippen molar-refractivity contribution in [1.82, 2.24) is 15.0 Å². The average Bonchev–Trinajstić information content (AvgIpc) is 2.31. The van der Waals surface area contributed by atoms with Gasteiger partial charge in [0.1, 0.15) is 0 Å². The van der Waals surface area contributed by atoms with Crippen LogP contribution in [0.4, 0.5) is 4.79 Å². The molecule has 1 atom stereocenters. The van der Waals surface area contributed by atoms with Gasteiger partial charge in [0, 0.05) is 6.26 Å². The van der Waals surface area contributed by atoms with Gasteiger partial charge in [0.05, 0.1) is 27.4 Å². The first-order valence-corrected chi connectivity index (χ1v) is 5.31. The zero-order valence-corrected chi connectivity index (χ0v) is 7.11. The third-order valence-electron chi connectivity index (χ3n) is 1.49. The first-order chi connectivity index (χ1) is 5.58. The quantitative estimate of drug-likeness (QED) is 0.565. The molecule has 1 aliphatic rings. The molecule has 64 valence electrons. The van der Waals surface area contributed by atoms with Crippen LogP contribution in [0, 0.1) is 0 Å². The number of amides is 1. The van der Waals surface area contributed by atoms with Gasteiger partial charge in [-0.05, 0) is 0 Å². The number of fused-ring (bicyclic) bond motifs is 1. The van der Waals surface area contributed by atoms with Gasteiger partial charge in [0.25, 0.3) is 0 Å². The van der Waals surface area contributed by atoms with Crippen molar-refractivity contribution in [3.05, 3.63) is 11.9 Å². The molecule has 1 aromatic heterocycles. The van der Waals surface area contributed by atoms with E-state index in [4.69, 9.17) is 0 Å². The maximum absolute atomic E-state index is 11.4. The van der Waals surface area contributed by atoms with E-state index in [0.717, 1.165) is 4.68 Å². The Kier molecular flexibility index (Phi) is 1.31. The molecule has 2 heterocycles. The molecule has 1 unspecified atom stereocenters. The highest BCUT2D eigenvalue weighted by Gasteiger charge is 2.21. The van der Waals surface area contributed by atoms with Crippen LogP contribution in [0.5, 0.6) is 0 Å². The molecule has 7 heteroatoms. The molecular weight excluding hydrogens is 180 g/mol. The molecule has 0 aromatic carbocycles. The topological polar surface area (TPSA) is 77.2 Å². The van der Waals surface area contributed by atoms with E-state index < -0.39 is 15.8 Å². The second-order valence-electron chi connectivity index (χ2n) is 2.61. The van der Waals surface area contributed by atoms with E-state index in [-0.39, 0.29) is 5.75 Å². The molecule has 12 heavy (non-hydrogen) atoms. The summed E-state index contributed by atoms with van der Waals surface area (Å²) >= 11 is 0. The Balaban J connectivity index is 2.65. The van der Waals surface area contributed by atoms with Gasteiger partial charge in [-0.2, -0.15) is 4.68 Å². The summed E-state index contributed by atoms with van der Waals surface area (Å²) in [5.41, 5.74) is 0.558. The van der Waals surface area contributed by atoms with Gasteiger partial charge in [-0.3, -0.25) is 0 Å². The fourth-order valence-electron chi connectivity index (χ4n) is 1.03. The van der Waals surface area contributed by atoms with Gasteiger partial charge in [-0.15, -0.1) is 9.46 Å². The van der Waals surface area contributed by atoms with Gasteiger partial charge < -0.3 is 0 Å². The maximum atomic E-state index is 11.4. The zero-order valence-electron chi connectivity index (χ0n) is 6.30. The van der Waals surface area contributed by atoms with Crippen molar-refractivity contribution in [3.8, 4) is 0 Å². The second-order valence-corrected chi connectivity index (χ2v) is 5.00. The second kappa shape index (κ2) is 2.13. The Morgan fingerprint density at radius 1 is 1.67 bits per heavy atom. The maximum Gasteiger partial charge on any atom is 0.378 e. The number of aromatic nitrogens is 3. The third-order valence-corrected chi connectivity index (χ3v) is 2.86. The summed E-state index contributed by atoms with van der Waals surface area (Å²) in [4.78, 5) is 11.1. The molecule has 0 aliphatic carbocycles. The smallest absolute Gasteiger partial charge is 0.249 e. The minimum atomic E-state index is -2.39. The summed E-state index contributed by atoms with van der Waals surface area (Å²) in [5.74, 6) is 0.242. The van der Waals surface area contributed by atoms with E-state index in [1.165, 1.54) is 12.5 Å². The molecule has 0 spiro atoms. The Labute approximate surface area is 68.8 Å². The number of hydrogen-bond donors (Lipinski definition) is 0. The number of carbonyl (C=O) groups excluding carboxylic acids is 1. The Hall–Kier alpha value is -1.24. The first-order valence-electron chi connectivity index (χ1n) is 3.22. The van der Waals surface area contributed by atoms with E-state index in [1.54, 1.807) is 0 Å². The Morgan fingerprint density at radius 2 is 2.42 bits per heavy atom. The van der Waals surface area contributed by atoms with Crippen LogP contribution in [0.3, 0.4) is 0 Å². The van der Waals surface area contributed by atoms with Crippen LogP contribution in [0.25, 0.3) is 0 Å². The lowest BCUT2D eigenvalue weighted by molar-refractivity contribution is 0.247. The molecular formula is C5H6N4O2S. The fourth-order valence-corrected chi connectivity index (χ4v) is 2.24. The van der Waals surface area contributed by atoms with Crippen LogP contribution in [0.1, 0.15) is 5.69 Å². The standard InChI is InChI=1S/C5H6N4O2S/c1-12(11)3-4-2-6-8-9(4)5(10)7-12/h2H,3H2,1H3. The van der Waals surface area contributed by atoms with Crippen molar-refractivity contribution in [2.45, 2.75) is 5.75 Å². The molecule has 2 rings (SSSR count). The lowest BCUT2D eigenvalue weighted by atomic mass is 10.5. The molecule has 0 fully saturated rings. The van der Waals surface area contributed by atoms with Gasteiger partial charge >= 0.3 is 6.03 Å². The summed E-state index contributed by atoms with van der Waals surface area (Å²) in [6, 6.07) is -0.596. The number of rotatable bonds is 0. The predicted octanol–water partition coefficient (Wildman–Crippen LogP) is -0.142. The Bertz CT molecular complexity index is 454. The van der Waals surface area contributed by atoms with Gasteiger partial charge in [-0.25, -0.2) is 9.00 Å². The summed E-state index contributed by atoms with van der Waals surface area (Å²) in [7, 11) is -2.39. The van der Waals surface area contributed by atoms with Crippen LogP contribution >= 0.6 is 0 Å². The average molecular weight is 186 g/mol. The molecule has 1 aromatic rings. The van der Waals surface area contributed by atoms with Crippen LogP contribution in [0.15, 0.2) is 10.6 Å². The molecule has 1 aliphatic heterocycles. The Morgan fingerprint density at radius 3 is 3.17 bits per heavy atom. The number of hydrogen-bond acceptors (Lipinski definition) is 4. The van der Waals surface area contributed by atoms with E-state index in [0.29, 0.717) is 5.69 Å². The molecule has 0 N–H and O–H groups in total. The van der Waals surface area contributed by atoms with E-state index in [2.05, 4.69) is 14.7 Å². The molecule has 0 radical (unpaired) electrons. The van der Waals surface area contributed by atoms with E-state index in [9.17, 15) is 9.00 Å². The molecule has 1 amide bonds. The van der Waals surface area contributed by atoms with E-state index in [1.807, 2.05) is 0 Å². The molecule has 0 bridgehead atoms. The van der Waals surface area contributed by atoms with Crippen molar-refractivity contribution in [3.63, 3.8) is 0 Å². The van der Waals surface area contributed by atoms with Crippen LogP contribution in [-0.2, 0) is 15.5 Å². The lowest BCUT2D eigenvalue weighted by Crippen LogP contribution is -2.21. The van der Waals surface area contributed by atoms with Gasteiger partial charge in [0.15, 0.2) is 0 Å². The lowest BCUT2D eigenvalue weighted by Gasteiger charge is -2.09. The summed E-state index contributed by atoms with van der Waals surface area (Å²) < 4.78 is 16.0. The molecule has 0 saturated carbocycles. The van der Waals surface area contributed by atoms with Crippen LogP contribution < -0.4 is 0 Å². The van der Waals surface area contributed by atoms with Gasteiger partial charge in [-0.1, -0.05) is 5.21 Å². The monoisotopic (exact) mass is 186 g/mol. The van der Waals surface area contributed by atoms with Crippen molar-refractivity contribution in [2.24, 2.45) is 4.36 Å². The minimum absolute atomic E-state index is 0.242. The van der Waals surface area contributed by atoms with Gasteiger partial charge in [0.2, 0.25) is 0 Å². The summed E-state index contributed by atoms with van der Waals surface area (Å²) in [5, 5.41) is 7.03. The number of carbonyl (C=O) groups is 1. The summed E-state index contributed by atoms with van der Waals surface area (Å²) in [6.45, 7) is 0. The van der Waals surface area contributed by atoms with Crippen molar-refractivity contribution < 1.29 is 9.00 Å². The highest BCUT2D eigenvalue weighted by atomic mass is 32.2. The van der Waals surface area contributed by atoms with Crippen LogP contribution in [-0.4, -0.2) is 31.5 Å². The molecule has 6 nitrogen and oxygen atoms in total. The zero-order chi connectivity index (χ0) is 8.77. The first kappa shape index (κ1) is 7.41. The predicted molar refractivity (Wildman–Crippen MR) is 41.0 cm³/mol. The third kappa shape index (κ3) is 1.02. The minimum Gasteiger partial charge on any atom is -0.249 e. The van der Waals surface area contributed by atoms with Crippen molar-refractivity contribution in [1.29, 1.82) is 0 Å². The fraction of sp³-hybridized carbons (Fsp3) is 0.400. The van der Waals surface area contributed by atoms with E-state index >= 15 is 0 Å². The highest BCUT2D eigenvalue weighted by molar-refractivity contribution is 7.92. The largest absolute Gasteiger partial charge is 0.378 e. The number of nitrogens with zero attached hydrogens (tertiary/aromatic N) is 4. The van der Waals surface area contributed by atoms with Crippen molar-refractivity contribution >= 4 is 15.8 Å².